The van der Waals surface area contributed by atoms with Crippen LogP contribution in [0.2, 0.25) is 0 Å². The summed E-state index contributed by atoms with van der Waals surface area (Å²) in [5, 5.41) is 0. The van der Waals surface area contributed by atoms with Crippen LogP contribution in [-0.2, 0) is 35.1 Å². The number of hydrogen-bond donors (Lipinski definition) is 0. The van der Waals surface area contributed by atoms with E-state index in [0.29, 0.717) is 0 Å². The molecule has 3 aliphatic rings. The zero-order valence-corrected chi connectivity index (χ0v) is 14.5. The molecule has 1 aromatic carbocycles. The van der Waals surface area contributed by atoms with E-state index >= 15 is 0 Å². The van der Waals surface area contributed by atoms with Crippen LogP contribution in [0.3, 0.4) is 0 Å². The quantitative estimate of drug-likeness (QED) is 0.599. The second kappa shape index (κ2) is 5.81. The lowest BCUT2D eigenvalue weighted by atomic mass is 9.82. The summed E-state index contributed by atoms with van der Waals surface area (Å²) in [5.41, 5.74) is -0.220. The number of carbonyl (C=O) groups excluding carboxylic acids is 2. The molecule has 0 spiro atoms. The number of epoxide rings is 1. The molecule has 0 unspecified atom stereocenters. The van der Waals surface area contributed by atoms with Gasteiger partial charge in [-0.05, 0) is 11.5 Å². The summed E-state index contributed by atoms with van der Waals surface area (Å²) in [4.78, 5) is 25.2. The van der Waals surface area contributed by atoms with E-state index in [1.54, 1.807) is 0 Å². The summed E-state index contributed by atoms with van der Waals surface area (Å²) in [6.45, 7) is 4.23. The van der Waals surface area contributed by atoms with Crippen LogP contribution in [0.5, 0.6) is 0 Å². The van der Waals surface area contributed by atoms with E-state index in [1.165, 1.54) is 7.11 Å². The molecule has 0 amide bonds. The molecule has 0 bridgehead atoms. The Morgan fingerprint density at radius 3 is 2.64 bits per heavy atom. The Bertz CT molecular complexity index is 686. The van der Waals surface area contributed by atoms with Gasteiger partial charge in [-0.2, -0.15) is 0 Å². The first-order valence-corrected chi connectivity index (χ1v) is 8.63. The van der Waals surface area contributed by atoms with Gasteiger partial charge in [0.05, 0.1) is 11.8 Å². The van der Waals surface area contributed by atoms with Crippen LogP contribution in [0.25, 0.3) is 0 Å². The second-order valence-corrected chi connectivity index (χ2v) is 7.31. The van der Waals surface area contributed by atoms with E-state index in [-0.39, 0.29) is 36.4 Å². The van der Waals surface area contributed by atoms with Gasteiger partial charge in [-0.15, -0.1) is 0 Å². The number of methoxy groups -OCH3 is 1. The van der Waals surface area contributed by atoms with Crippen LogP contribution in [-0.4, -0.2) is 37.0 Å². The van der Waals surface area contributed by atoms with Crippen LogP contribution in [0.4, 0.5) is 0 Å². The Morgan fingerprint density at radius 1 is 1.28 bits per heavy atom. The van der Waals surface area contributed by atoms with Crippen molar-refractivity contribution in [3.05, 3.63) is 35.9 Å². The van der Waals surface area contributed by atoms with Crippen LogP contribution >= 0.6 is 0 Å². The van der Waals surface area contributed by atoms with Crippen molar-refractivity contribution in [1.29, 1.82) is 0 Å². The number of fused-ring (bicyclic) bond motifs is 3. The molecule has 0 radical (unpaired) electrons. The maximum atomic E-state index is 12.9. The fourth-order valence-corrected chi connectivity index (χ4v) is 4.54. The summed E-state index contributed by atoms with van der Waals surface area (Å²) in [6.07, 6.45) is -1.08. The lowest BCUT2D eigenvalue weighted by Crippen LogP contribution is -2.41. The first kappa shape index (κ1) is 16.5. The normalized spacial score (nSPS) is 38.2. The maximum absolute atomic E-state index is 12.9. The molecule has 0 aromatic heterocycles. The highest BCUT2D eigenvalue weighted by molar-refractivity contribution is 5.89. The van der Waals surface area contributed by atoms with E-state index in [2.05, 4.69) is 0 Å². The zero-order chi connectivity index (χ0) is 17.8. The number of hydrogen-bond acceptors (Lipinski definition) is 6. The minimum absolute atomic E-state index is 0.0677. The van der Waals surface area contributed by atoms with Crippen molar-refractivity contribution in [2.75, 3.05) is 7.11 Å². The lowest BCUT2D eigenvalue weighted by Gasteiger charge is -2.24. The first-order chi connectivity index (χ1) is 12.0. The largest absolute Gasteiger partial charge is 0.459 e. The number of esters is 2. The fourth-order valence-electron chi connectivity index (χ4n) is 4.54. The molecule has 3 fully saturated rings. The van der Waals surface area contributed by atoms with Gasteiger partial charge in [-0.25, -0.2) is 4.79 Å². The van der Waals surface area contributed by atoms with Gasteiger partial charge >= 0.3 is 11.9 Å². The summed E-state index contributed by atoms with van der Waals surface area (Å²) in [6, 6.07) is 9.48. The predicted octanol–water partition coefficient (Wildman–Crippen LogP) is 1.91. The summed E-state index contributed by atoms with van der Waals surface area (Å²) >= 11 is 0. The molecular weight excluding hydrogens is 324 g/mol. The van der Waals surface area contributed by atoms with Crippen molar-refractivity contribution in [1.82, 2.24) is 0 Å². The van der Waals surface area contributed by atoms with Crippen LogP contribution in [0, 0.1) is 23.7 Å². The van der Waals surface area contributed by atoms with Crippen LogP contribution < -0.4 is 0 Å². The standard InChI is InChI=1S/C19H22O6/c1-10(2)12-13-14(17(22-3)24-16(13)20)19(15(12)25-19)18(21)23-9-11-7-5-4-6-8-11/h4-8,10,12-15,17H,9H2,1-3H3/t12-,13+,14-,15-,17-,19+/m1/s1. The molecule has 6 heteroatoms. The molecule has 2 aliphatic heterocycles. The van der Waals surface area contributed by atoms with Crippen molar-refractivity contribution in [2.24, 2.45) is 23.7 Å². The van der Waals surface area contributed by atoms with Crippen molar-refractivity contribution >= 4 is 11.9 Å². The number of carbonyl (C=O) groups is 2. The van der Waals surface area contributed by atoms with E-state index in [4.69, 9.17) is 18.9 Å². The number of rotatable bonds is 5. The monoisotopic (exact) mass is 346 g/mol. The molecule has 2 heterocycles. The third-order valence-electron chi connectivity index (χ3n) is 5.67. The van der Waals surface area contributed by atoms with Crippen molar-refractivity contribution < 1.29 is 28.5 Å². The number of ether oxygens (including phenoxy) is 4. The Hall–Kier alpha value is -1.92. The Balaban J connectivity index is 1.58. The highest BCUT2D eigenvalue weighted by Gasteiger charge is 2.83. The Labute approximate surface area is 146 Å². The summed E-state index contributed by atoms with van der Waals surface area (Å²) in [5.74, 6) is -1.45. The SMILES string of the molecule is CO[C@@H]1OC(=O)[C@H]2[C@@H](C(C)C)[C@H]3O[C@@]3(C(=O)OCc3ccccc3)[C@@H]12. The third-order valence-corrected chi connectivity index (χ3v) is 5.67. The smallest absolute Gasteiger partial charge is 0.342 e. The molecule has 6 atom stereocenters. The topological polar surface area (TPSA) is 74.4 Å². The third kappa shape index (κ3) is 2.31. The summed E-state index contributed by atoms with van der Waals surface area (Å²) in [7, 11) is 1.48. The van der Waals surface area contributed by atoms with E-state index < -0.39 is 23.8 Å². The van der Waals surface area contributed by atoms with Crippen molar-refractivity contribution in [2.45, 2.75) is 38.4 Å². The molecule has 6 nitrogen and oxygen atoms in total. The minimum atomic E-state index is -1.12. The highest BCUT2D eigenvalue weighted by atomic mass is 16.7. The second-order valence-electron chi connectivity index (χ2n) is 7.31. The van der Waals surface area contributed by atoms with Gasteiger partial charge in [0.2, 0.25) is 11.9 Å². The molecular formula is C19H22O6. The predicted molar refractivity (Wildman–Crippen MR) is 86.0 cm³/mol. The lowest BCUT2D eigenvalue weighted by molar-refractivity contribution is -0.171. The van der Waals surface area contributed by atoms with Gasteiger partial charge in [0, 0.05) is 13.0 Å². The summed E-state index contributed by atoms with van der Waals surface area (Å²) < 4.78 is 22.1. The number of cyclic esters (lactones) is 1. The molecule has 1 aromatic rings. The highest BCUT2D eigenvalue weighted by Crippen LogP contribution is 2.65. The van der Waals surface area contributed by atoms with Crippen LogP contribution in [0.1, 0.15) is 19.4 Å². The Morgan fingerprint density at radius 2 is 2.00 bits per heavy atom. The van der Waals surface area contributed by atoms with Gasteiger partial charge < -0.3 is 18.9 Å². The number of benzene rings is 1. The van der Waals surface area contributed by atoms with Gasteiger partial charge in [0.15, 0.2) is 0 Å². The first-order valence-electron chi connectivity index (χ1n) is 8.63. The van der Waals surface area contributed by atoms with E-state index in [0.717, 1.165) is 5.56 Å². The van der Waals surface area contributed by atoms with Gasteiger partial charge in [-0.3, -0.25) is 4.79 Å². The van der Waals surface area contributed by atoms with Gasteiger partial charge in [0.25, 0.3) is 0 Å². The Kier molecular flexibility index (Phi) is 3.85. The van der Waals surface area contributed by atoms with Gasteiger partial charge in [0.1, 0.15) is 12.7 Å². The molecule has 25 heavy (non-hydrogen) atoms. The van der Waals surface area contributed by atoms with E-state index in [9.17, 15) is 9.59 Å². The van der Waals surface area contributed by atoms with E-state index in [1.807, 2.05) is 44.2 Å². The molecule has 4 rings (SSSR count). The molecule has 134 valence electrons. The molecule has 1 aliphatic carbocycles. The molecule has 0 N–H and O–H groups in total. The fraction of sp³-hybridized carbons (Fsp3) is 0.579. The van der Waals surface area contributed by atoms with Crippen LogP contribution in [0.15, 0.2) is 30.3 Å². The zero-order valence-electron chi connectivity index (χ0n) is 14.5. The molecule has 2 saturated heterocycles. The maximum Gasteiger partial charge on any atom is 0.342 e. The average molecular weight is 346 g/mol. The van der Waals surface area contributed by atoms with Crippen molar-refractivity contribution in [3.63, 3.8) is 0 Å². The van der Waals surface area contributed by atoms with Crippen molar-refractivity contribution in [3.8, 4) is 0 Å². The average Bonchev–Trinajstić information content (AvgIpc) is 3.14. The minimum Gasteiger partial charge on any atom is -0.459 e. The molecule has 1 saturated carbocycles. The van der Waals surface area contributed by atoms with Gasteiger partial charge in [-0.1, -0.05) is 44.2 Å².